The minimum absolute atomic E-state index is 0.415. The van der Waals surface area contributed by atoms with Crippen molar-refractivity contribution in [3.05, 3.63) is 40.9 Å². The summed E-state index contributed by atoms with van der Waals surface area (Å²) in [5.74, 6) is 1.54. The summed E-state index contributed by atoms with van der Waals surface area (Å²) in [6, 6.07) is 9.28. The number of rotatable bonds is 5. The third kappa shape index (κ3) is 4.26. The summed E-state index contributed by atoms with van der Waals surface area (Å²) in [5.41, 5.74) is 8.42. The molecule has 5 heteroatoms. The van der Waals surface area contributed by atoms with Gasteiger partial charge >= 0.3 is 0 Å². The van der Waals surface area contributed by atoms with Crippen LogP contribution in [-0.4, -0.2) is 11.6 Å². The number of hydrogen-bond acceptors (Lipinski definition) is 4. The predicted molar refractivity (Wildman–Crippen MR) is 88.5 cm³/mol. The summed E-state index contributed by atoms with van der Waals surface area (Å²) in [7, 11) is 0. The van der Waals surface area contributed by atoms with Crippen molar-refractivity contribution in [1.29, 1.82) is 0 Å². The van der Waals surface area contributed by atoms with Gasteiger partial charge in [-0.15, -0.1) is 0 Å². The normalized spacial score (nSPS) is 10.7. The molecule has 0 aliphatic rings. The maximum Gasteiger partial charge on any atom is 0.239 e. The van der Waals surface area contributed by atoms with Crippen LogP contribution in [0.25, 0.3) is 0 Å². The van der Waals surface area contributed by atoms with Crippen LogP contribution in [0.2, 0.25) is 5.02 Å². The number of halogens is 1. The second-order valence-corrected chi connectivity index (χ2v) is 5.82. The number of aryl methyl sites for hydroxylation is 1. The third-order valence-electron chi connectivity index (χ3n) is 2.91. The molecule has 0 fully saturated rings. The Morgan fingerprint density at radius 1 is 1.29 bits per heavy atom. The molecule has 0 spiro atoms. The van der Waals surface area contributed by atoms with Gasteiger partial charge in [0.25, 0.3) is 0 Å². The highest BCUT2D eigenvalue weighted by Crippen LogP contribution is 2.26. The first-order valence-corrected chi connectivity index (χ1v) is 7.26. The van der Waals surface area contributed by atoms with Crippen LogP contribution in [0.5, 0.6) is 5.88 Å². The molecule has 1 aromatic carbocycles. The van der Waals surface area contributed by atoms with E-state index in [9.17, 15) is 0 Å². The molecule has 0 amide bonds. The molecule has 0 unspecified atom stereocenters. The van der Waals surface area contributed by atoms with Crippen molar-refractivity contribution < 1.29 is 4.74 Å². The summed E-state index contributed by atoms with van der Waals surface area (Å²) in [6.07, 6.45) is 0. The maximum absolute atomic E-state index is 6.02. The van der Waals surface area contributed by atoms with E-state index in [1.54, 1.807) is 6.07 Å². The van der Waals surface area contributed by atoms with E-state index in [0.717, 1.165) is 11.3 Å². The molecule has 1 aromatic heterocycles. The average molecular weight is 306 g/mol. The van der Waals surface area contributed by atoms with Crippen molar-refractivity contribution in [2.24, 2.45) is 5.92 Å². The minimum Gasteiger partial charge on any atom is -0.476 e. The Morgan fingerprint density at radius 2 is 2.05 bits per heavy atom. The second-order valence-electron chi connectivity index (χ2n) is 5.38. The van der Waals surface area contributed by atoms with Crippen LogP contribution in [0.15, 0.2) is 30.3 Å². The molecule has 2 aromatic rings. The summed E-state index contributed by atoms with van der Waals surface area (Å²) in [5, 5.41) is 3.91. The number of anilines is 3. The minimum atomic E-state index is 0.415. The molecule has 112 valence electrons. The van der Waals surface area contributed by atoms with Crippen molar-refractivity contribution >= 4 is 28.8 Å². The highest BCUT2D eigenvalue weighted by atomic mass is 35.5. The van der Waals surface area contributed by atoms with E-state index in [2.05, 4.69) is 24.1 Å². The molecule has 2 rings (SSSR count). The zero-order valence-electron chi connectivity index (χ0n) is 12.5. The molecule has 1 heterocycles. The fourth-order valence-electron chi connectivity index (χ4n) is 1.75. The SMILES string of the molecule is Cc1ccc(Cl)cc1Nc1ccc(N)c(OCC(C)C)n1. The van der Waals surface area contributed by atoms with Gasteiger partial charge in [-0.3, -0.25) is 0 Å². The summed E-state index contributed by atoms with van der Waals surface area (Å²) < 4.78 is 5.63. The second kappa shape index (κ2) is 6.68. The van der Waals surface area contributed by atoms with E-state index in [1.807, 2.05) is 31.2 Å². The van der Waals surface area contributed by atoms with Crippen LogP contribution in [0.3, 0.4) is 0 Å². The van der Waals surface area contributed by atoms with Gasteiger partial charge in [0.05, 0.1) is 12.3 Å². The van der Waals surface area contributed by atoms with Gasteiger partial charge in [-0.2, -0.15) is 4.98 Å². The molecule has 0 atom stereocenters. The van der Waals surface area contributed by atoms with Crippen molar-refractivity contribution in [2.45, 2.75) is 20.8 Å². The molecule has 0 saturated heterocycles. The number of aromatic nitrogens is 1. The number of hydrogen-bond donors (Lipinski definition) is 2. The fraction of sp³-hybridized carbons (Fsp3) is 0.312. The van der Waals surface area contributed by atoms with Crippen LogP contribution >= 0.6 is 11.6 Å². The Balaban J connectivity index is 2.20. The lowest BCUT2D eigenvalue weighted by Crippen LogP contribution is -2.08. The van der Waals surface area contributed by atoms with E-state index in [0.29, 0.717) is 34.9 Å². The first-order valence-electron chi connectivity index (χ1n) is 6.88. The van der Waals surface area contributed by atoms with Crippen molar-refractivity contribution in [3.63, 3.8) is 0 Å². The van der Waals surface area contributed by atoms with Crippen LogP contribution in [0.1, 0.15) is 19.4 Å². The number of pyridine rings is 1. The number of nitrogens with two attached hydrogens (primary N) is 1. The van der Waals surface area contributed by atoms with E-state index in [-0.39, 0.29) is 0 Å². The number of benzene rings is 1. The monoisotopic (exact) mass is 305 g/mol. The van der Waals surface area contributed by atoms with Gasteiger partial charge in [0, 0.05) is 10.7 Å². The maximum atomic E-state index is 6.02. The van der Waals surface area contributed by atoms with E-state index in [1.165, 1.54) is 0 Å². The molecular weight excluding hydrogens is 286 g/mol. The van der Waals surface area contributed by atoms with Crippen LogP contribution < -0.4 is 15.8 Å². The van der Waals surface area contributed by atoms with E-state index < -0.39 is 0 Å². The van der Waals surface area contributed by atoms with E-state index in [4.69, 9.17) is 22.1 Å². The number of nitrogens with zero attached hydrogens (tertiary/aromatic N) is 1. The molecule has 0 aliphatic heterocycles. The number of nitrogen functional groups attached to an aromatic ring is 1. The van der Waals surface area contributed by atoms with Gasteiger partial charge in [-0.25, -0.2) is 0 Å². The Bertz CT molecular complexity index is 629. The predicted octanol–water partition coefficient (Wildman–Crippen LogP) is 4.40. The zero-order valence-corrected chi connectivity index (χ0v) is 13.2. The van der Waals surface area contributed by atoms with Crippen molar-refractivity contribution in [3.8, 4) is 5.88 Å². The Kier molecular flexibility index (Phi) is 4.91. The topological polar surface area (TPSA) is 60.2 Å². The summed E-state index contributed by atoms with van der Waals surface area (Å²) >= 11 is 6.02. The van der Waals surface area contributed by atoms with E-state index >= 15 is 0 Å². The van der Waals surface area contributed by atoms with Crippen LogP contribution in [0.4, 0.5) is 17.2 Å². The van der Waals surface area contributed by atoms with Gasteiger partial charge < -0.3 is 15.8 Å². The lowest BCUT2D eigenvalue weighted by atomic mass is 10.2. The third-order valence-corrected chi connectivity index (χ3v) is 3.14. The molecule has 4 nitrogen and oxygen atoms in total. The van der Waals surface area contributed by atoms with Crippen LogP contribution in [-0.2, 0) is 0 Å². The molecule has 0 aliphatic carbocycles. The lowest BCUT2D eigenvalue weighted by Gasteiger charge is -2.13. The Morgan fingerprint density at radius 3 is 2.76 bits per heavy atom. The first kappa shape index (κ1) is 15.4. The molecule has 0 radical (unpaired) electrons. The van der Waals surface area contributed by atoms with Gasteiger partial charge in [0.1, 0.15) is 5.82 Å². The largest absolute Gasteiger partial charge is 0.476 e. The Labute approximate surface area is 130 Å². The van der Waals surface area contributed by atoms with Gasteiger partial charge in [-0.1, -0.05) is 31.5 Å². The molecule has 0 bridgehead atoms. The molecule has 0 saturated carbocycles. The highest BCUT2D eigenvalue weighted by molar-refractivity contribution is 6.30. The average Bonchev–Trinajstić information content (AvgIpc) is 2.43. The van der Waals surface area contributed by atoms with Crippen molar-refractivity contribution in [2.75, 3.05) is 17.7 Å². The fourth-order valence-corrected chi connectivity index (χ4v) is 1.92. The first-order chi connectivity index (χ1) is 9.95. The quantitative estimate of drug-likeness (QED) is 0.859. The highest BCUT2D eigenvalue weighted by Gasteiger charge is 2.07. The van der Waals surface area contributed by atoms with Gasteiger partial charge in [-0.05, 0) is 42.7 Å². The molecule has 3 N–H and O–H groups in total. The Hall–Kier alpha value is -1.94. The van der Waals surface area contributed by atoms with Crippen molar-refractivity contribution in [1.82, 2.24) is 4.98 Å². The number of nitrogens with one attached hydrogen (secondary N) is 1. The zero-order chi connectivity index (χ0) is 15.4. The molecule has 21 heavy (non-hydrogen) atoms. The standard InChI is InChI=1S/C16H20ClN3O/c1-10(2)9-21-16-13(18)6-7-15(20-16)19-14-8-12(17)5-4-11(14)3/h4-8,10H,9,18H2,1-3H3,(H,19,20). The van der Waals surface area contributed by atoms with Crippen LogP contribution in [0, 0.1) is 12.8 Å². The van der Waals surface area contributed by atoms with Gasteiger partial charge in [0.2, 0.25) is 5.88 Å². The number of ether oxygens (including phenoxy) is 1. The molecular formula is C16H20ClN3O. The smallest absolute Gasteiger partial charge is 0.239 e. The lowest BCUT2D eigenvalue weighted by molar-refractivity contribution is 0.263. The van der Waals surface area contributed by atoms with Gasteiger partial charge in [0.15, 0.2) is 0 Å². The summed E-state index contributed by atoms with van der Waals surface area (Å²) in [4.78, 5) is 4.41. The summed E-state index contributed by atoms with van der Waals surface area (Å²) in [6.45, 7) is 6.74.